The predicted octanol–water partition coefficient (Wildman–Crippen LogP) is 2.04. The number of nitrogens with zero attached hydrogens (tertiary/aromatic N) is 1. The molecule has 0 aliphatic carbocycles. The number of rotatable bonds is 7. The van der Waals surface area contributed by atoms with Crippen LogP contribution in [0.2, 0.25) is 0 Å². The van der Waals surface area contributed by atoms with Crippen molar-refractivity contribution in [3.8, 4) is 0 Å². The SMILES string of the molecule is CCCN(CC(=O)OCC)Cc1ccccc1N. The first-order valence-corrected chi connectivity index (χ1v) is 6.38. The molecule has 18 heavy (non-hydrogen) atoms. The Morgan fingerprint density at radius 1 is 1.33 bits per heavy atom. The highest BCUT2D eigenvalue weighted by Crippen LogP contribution is 2.13. The van der Waals surface area contributed by atoms with Gasteiger partial charge in [0.2, 0.25) is 0 Å². The molecule has 0 heterocycles. The van der Waals surface area contributed by atoms with E-state index in [0.29, 0.717) is 19.7 Å². The quantitative estimate of drug-likeness (QED) is 0.594. The fourth-order valence-electron chi connectivity index (χ4n) is 1.84. The Morgan fingerprint density at radius 2 is 2.06 bits per heavy atom. The fourth-order valence-corrected chi connectivity index (χ4v) is 1.84. The molecule has 4 heteroatoms. The van der Waals surface area contributed by atoms with E-state index in [0.717, 1.165) is 24.2 Å². The molecule has 0 saturated heterocycles. The molecular weight excluding hydrogens is 228 g/mol. The van der Waals surface area contributed by atoms with Crippen LogP contribution in [0.1, 0.15) is 25.8 Å². The van der Waals surface area contributed by atoms with Crippen LogP contribution in [0.25, 0.3) is 0 Å². The smallest absolute Gasteiger partial charge is 0.320 e. The Balaban J connectivity index is 2.62. The summed E-state index contributed by atoms with van der Waals surface area (Å²) in [5, 5.41) is 0. The number of hydrogen-bond donors (Lipinski definition) is 1. The minimum absolute atomic E-state index is 0.180. The number of nitrogens with two attached hydrogens (primary N) is 1. The first-order valence-electron chi connectivity index (χ1n) is 6.38. The molecule has 0 fully saturated rings. The minimum Gasteiger partial charge on any atom is -0.465 e. The van der Waals surface area contributed by atoms with Crippen molar-refractivity contribution < 1.29 is 9.53 Å². The molecule has 0 aliphatic heterocycles. The van der Waals surface area contributed by atoms with Crippen LogP contribution in [-0.4, -0.2) is 30.6 Å². The summed E-state index contributed by atoms with van der Waals surface area (Å²) in [6, 6.07) is 7.74. The summed E-state index contributed by atoms with van der Waals surface area (Å²) in [6.07, 6.45) is 0.992. The van der Waals surface area contributed by atoms with Crippen LogP contribution in [-0.2, 0) is 16.1 Å². The number of hydrogen-bond acceptors (Lipinski definition) is 4. The first kappa shape index (κ1) is 14.5. The molecule has 4 nitrogen and oxygen atoms in total. The van der Waals surface area contributed by atoms with Crippen LogP contribution >= 0.6 is 0 Å². The van der Waals surface area contributed by atoms with Gasteiger partial charge < -0.3 is 10.5 Å². The molecule has 1 aromatic rings. The Morgan fingerprint density at radius 3 is 2.67 bits per heavy atom. The standard InChI is InChI=1S/C14H22N2O2/c1-3-9-16(11-14(17)18-4-2)10-12-7-5-6-8-13(12)15/h5-8H,3-4,9-11,15H2,1-2H3. The Hall–Kier alpha value is -1.55. The second-order valence-corrected chi connectivity index (χ2v) is 4.21. The highest BCUT2D eigenvalue weighted by molar-refractivity contribution is 5.71. The van der Waals surface area contributed by atoms with Gasteiger partial charge in [0, 0.05) is 12.2 Å². The third kappa shape index (κ3) is 4.75. The summed E-state index contributed by atoms with van der Waals surface area (Å²) in [5.74, 6) is -0.180. The van der Waals surface area contributed by atoms with Crippen LogP contribution in [0.3, 0.4) is 0 Å². The lowest BCUT2D eigenvalue weighted by atomic mass is 10.1. The summed E-state index contributed by atoms with van der Waals surface area (Å²) >= 11 is 0. The summed E-state index contributed by atoms with van der Waals surface area (Å²) in [4.78, 5) is 13.6. The highest BCUT2D eigenvalue weighted by atomic mass is 16.5. The zero-order valence-corrected chi connectivity index (χ0v) is 11.2. The number of ether oxygens (including phenoxy) is 1. The van der Waals surface area contributed by atoms with E-state index in [1.807, 2.05) is 31.2 Å². The Kier molecular flexibility index (Phi) is 6.22. The third-order valence-electron chi connectivity index (χ3n) is 2.65. The first-order chi connectivity index (χ1) is 8.67. The molecule has 100 valence electrons. The molecule has 0 atom stereocenters. The molecule has 0 radical (unpaired) electrons. The number of nitrogen functional groups attached to an aromatic ring is 1. The van der Waals surface area contributed by atoms with E-state index in [9.17, 15) is 4.79 Å². The van der Waals surface area contributed by atoms with Gasteiger partial charge >= 0.3 is 5.97 Å². The van der Waals surface area contributed by atoms with Crippen molar-refractivity contribution in [2.75, 3.05) is 25.4 Å². The number of para-hydroxylation sites is 1. The molecule has 0 unspecified atom stereocenters. The number of carbonyl (C=O) groups is 1. The van der Waals surface area contributed by atoms with Crippen LogP contribution in [0.4, 0.5) is 5.69 Å². The number of anilines is 1. The zero-order valence-electron chi connectivity index (χ0n) is 11.2. The summed E-state index contributed by atoms with van der Waals surface area (Å²) in [5.41, 5.74) is 7.73. The third-order valence-corrected chi connectivity index (χ3v) is 2.65. The largest absolute Gasteiger partial charge is 0.465 e. The Bertz CT molecular complexity index is 380. The van der Waals surface area contributed by atoms with Crippen molar-refractivity contribution in [2.24, 2.45) is 0 Å². The van der Waals surface area contributed by atoms with Crippen LogP contribution < -0.4 is 5.73 Å². The van der Waals surface area contributed by atoms with E-state index in [1.54, 1.807) is 0 Å². The van der Waals surface area contributed by atoms with Crippen LogP contribution in [0.15, 0.2) is 24.3 Å². The van der Waals surface area contributed by atoms with Gasteiger partial charge in [-0.2, -0.15) is 0 Å². The Labute approximate surface area is 109 Å². The maximum Gasteiger partial charge on any atom is 0.320 e. The number of benzene rings is 1. The van der Waals surface area contributed by atoms with Gasteiger partial charge in [0.05, 0.1) is 13.2 Å². The van der Waals surface area contributed by atoms with E-state index >= 15 is 0 Å². The summed E-state index contributed by atoms with van der Waals surface area (Å²) in [6.45, 7) is 6.18. The van der Waals surface area contributed by atoms with E-state index < -0.39 is 0 Å². The van der Waals surface area contributed by atoms with Crippen molar-refractivity contribution in [3.63, 3.8) is 0 Å². The molecule has 0 aromatic heterocycles. The van der Waals surface area contributed by atoms with Gasteiger partial charge in [0.25, 0.3) is 0 Å². The average molecular weight is 250 g/mol. The van der Waals surface area contributed by atoms with Crippen molar-refractivity contribution in [1.82, 2.24) is 4.90 Å². The maximum atomic E-state index is 11.5. The van der Waals surface area contributed by atoms with E-state index in [2.05, 4.69) is 11.8 Å². The van der Waals surface area contributed by atoms with E-state index in [1.165, 1.54) is 0 Å². The molecule has 2 N–H and O–H groups in total. The van der Waals surface area contributed by atoms with E-state index in [4.69, 9.17) is 10.5 Å². The number of carbonyl (C=O) groups excluding carboxylic acids is 1. The molecule has 0 spiro atoms. The van der Waals surface area contributed by atoms with Gasteiger partial charge in [-0.1, -0.05) is 25.1 Å². The maximum absolute atomic E-state index is 11.5. The predicted molar refractivity (Wildman–Crippen MR) is 73.1 cm³/mol. The summed E-state index contributed by atoms with van der Waals surface area (Å²) in [7, 11) is 0. The number of esters is 1. The van der Waals surface area contributed by atoms with Gasteiger partial charge in [-0.3, -0.25) is 9.69 Å². The van der Waals surface area contributed by atoms with Crippen LogP contribution in [0, 0.1) is 0 Å². The molecule has 0 bridgehead atoms. The van der Waals surface area contributed by atoms with E-state index in [-0.39, 0.29) is 5.97 Å². The van der Waals surface area contributed by atoms with Gasteiger partial charge in [-0.15, -0.1) is 0 Å². The normalized spacial score (nSPS) is 10.6. The van der Waals surface area contributed by atoms with Gasteiger partial charge in [-0.25, -0.2) is 0 Å². The summed E-state index contributed by atoms with van der Waals surface area (Å²) < 4.78 is 4.97. The molecule has 0 aliphatic rings. The van der Waals surface area contributed by atoms with Gasteiger partial charge in [-0.05, 0) is 31.5 Å². The molecule has 0 saturated carbocycles. The lowest BCUT2D eigenvalue weighted by Crippen LogP contribution is -2.31. The van der Waals surface area contributed by atoms with Crippen molar-refractivity contribution in [3.05, 3.63) is 29.8 Å². The van der Waals surface area contributed by atoms with Crippen molar-refractivity contribution in [2.45, 2.75) is 26.8 Å². The molecule has 1 aromatic carbocycles. The second-order valence-electron chi connectivity index (χ2n) is 4.21. The zero-order chi connectivity index (χ0) is 13.4. The van der Waals surface area contributed by atoms with Crippen LogP contribution in [0.5, 0.6) is 0 Å². The van der Waals surface area contributed by atoms with Crippen molar-refractivity contribution in [1.29, 1.82) is 0 Å². The molecule has 0 amide bonds. The van der Waals surface area contributed by atoms with Gasteiger partial charge in [0.1, 0.15) is 0 Å². The second kappa shape index (κ2) is 7.71. The van der Waals surface area contributed by atoms with Crippen molar-refractivity contribution >= 4 is 11.7 Å². The fraction of sp³-hybridized carbons (Fsp3) is 0.500. The molecular formula is C14H22N2O2. The monoisotopic (exact) mass is 250 g/mol. The lowest BCUT2D eigenvalue weighted by Gasteiger charge is -2.21. The highest BCUT2D eigenvalue weighted by Gasteiger charge is 2.12. The van der Waals surface area contributed by atoms with Gasteiger partial charge in [0.15, 0.2) is 0 Å². The lowest BCUT2D eigenvalue weighted by molar-refractivity contribution is -0.144. The molecule has 1 rings (SSSR count). The minimum atomic E-state index is -0.180. The average Bonchev–Trinajstić information content (AvgIpc) is 2.32. The topological polar surface area (TPSA) is 55.6 Å².